The van der Waals surface area contributed by atoms with Crippen molar-refractivity contribution in [3.63, 3.8) is 0 Å². The Balaban J connectivity index is 1.71. The van der Waals surface area contributed by atoms with E-state index < -0.39 is 0 Å². The van der Waals surface area contributed by atoms with Crippen LogP contribution in [0.3, 0.4) is 0 Å². The minimum atomic E-state index is -0.265. The summed E-state index contributed by atoms with van der Waals surface area (Å²) in [6, 6.07) is 14.7. The van der Waals surface area contributed by atoms with Crippen LogP contribution in [0.5, 0.6) is 5.75 Å². The van der Waals surface area contributed by atoms with Crippen molar-refractivity contribution >= 4 is 0 Å². The molecule has 26 heavy (non-hydrogen) atoms. The van der Waals surface area contributed by atoms with Gasteiger partial charge in [0.2, 0.25) is 0 Å². The van der Waals surface area contributed by atoms with E-state index in [9.17, 15) is 4.39 Å². The smallest absolute Gasteiger partial charge is 0.125 e. The Morgan fingerprint density at radius 3 is 2.77 bits per heavy atom. The second-order valence-corrected chi connectivity index (χ2v) is 6.26. The number of benzene rings is 2. The summed E-state index contributed by atoms with van der Waals surface area (Å²) in [5.74, 6) is 0.619. The summed E-state index contributed by atoms with van der Waals surface area (Å²) in [6.45, 7) is 7.47. The topological polar surface area (TPSA) is 39.1 Å². The van der Waals surface area contributed by atoms with Gasteiger partial charge in [-0.25, -0.2) is 9.07 Å². The average molecular weight is 353 g/mol. The Morgan fingerprint density at radius 1 is 1.19 bits per heavy atom. The number of hydrogen-bond donors (Lipinski definition) is 1. The van der Waals surface area contributed by atoms with Crippen LogP contribution >= 0.6 is 0 Å². The molecule has 0 fully saturated rings. The van der Waals surface area contributed by atoms with Crippen molar-refractivity contribution in [2.45, 2.75) is 33.4 Å². The third-order valence-electron chi connectivity index (χ3n) is 4.39. The van der Waals surface area contributed by atoms with Crippen LogP contribution in [0.2, 0.25) is 0 Å². The van der Waals surface area contributed by atoms with E-state index >= 15 is 0 Å². The molecule has 0 spiro atoms. The fourth-order valence-corrected chi connectivity index (χ4v) is 3.01. The van der Waals surface area contributed by atoms with Crippen LogP contribution in [0.15, 0.2) is 54.7 Å². The Bertz CT molecular complexity index is 875. The molecular formula is C21H24FN3O. The molecule has 3 rings (SSSR count). The maximum atomic E-state index is 13.5. The minimum absolute atomic E-state index is 0.119. The van der Waals surface area contributed by atoms with Crippen molar-refractivity contribution in [3.05, 3.63) is 77.4 Å². The monoisotopic (exact) mass is 353 g/mol. The lowest BCUT2D eigenvalue weighted by atomic mass is 10.1. The number of hydrogen-bond acceptors (Lipinski definition) is 3. The zero-order chi connectivity index (χ0) is 18.5. The molecule has 0 saturated heterocycles. The number of ether oxygens (including phenoxy) is 1. The standard InChI is InChI=1S/C21H24FN3O/c1-4-26-20-10-5-7-17(11-20)13-23-15(2)21-14-24-25(16(21)3)19-9-6-8-18(22)12-19/h5-12,14-15,23H,4,13H2,1-3H3/t15-/m1/s1. The first-order valence-electron chi connectivity index (χ1n) is 8.84. The first-order chi connectivity index (χ1) is 12.6. The highest BCUT2D eigenvalue weighted by Gasteiger charge is 2.14. The SMILES string of the molecule is CCOc1cccc(CN[C@H](C)c2cnn(-c3cccc(F)c3)c2C)c1. The van der Waals surface area contributed by atoms with Crippen molar-refractivity contribution in [1.82, 2.24) is 15.1 Å². The van der Waals surface area contributed by atoms with Crippen molar-refractivity contribution in [3.8, 4) is 11.4 Å². The van der Waals surface area contributed by atoms with Gasteiger partial charge in [0, 0.05) is 23.8 Å². The Hall–Kier alpha value is -2.66. The molecule has 1 N–H and O–H groups in total. The van der Waals surface area contributed by atoms with Crippen molar-refractivity contribution in [2.75, 3.05) is 6.61 Å². The summed E-state index contributed by atoms with van der Waals surface area (Å²) in [5, 5.41) is 7.95. The number of nitrogens with one attached hydrogen (secondary N) is 1. The molecule has 4 nitrogen and oxygen atoms in total. The summed E-state index contributed by atoms with van der Waals surface area (Å²) in [4.78, 5) is 0. The van der Waals surface area contributed by atoms with Crippen LogP contribution < -0.4 is 10.1 Å². The maximum Gasteiger partial charge on any atom is 0.125 e. The molecule has 3 aromatic rings. The molecule has 1 heterocycles. The lowest BCUT2D eigenvalue weighted by Crippen LogP contribution is -2.18. The van der Waals surface area contributed by atoms with Gasteiger partial charge in [-0.05, 0) is 56.7 Å². The molecule has 5 heteroatoms. The molecule has 136 valence electrons. The number of aromatic nitrogens is 2. The van der Waals surface area contributed by atoms with Gasteiger partial charge >= 0.3 is 0 Å². The summed E-state index contributed by atoms with van der Waals surface area (Å²) in [7, 11) is 0. The van der Waals surface area contributed by atoms with Crippen LogP contribution in [0.25, 0.3) is 5.69 Å². The number of halogens is 1. The average Bonchev–Trinajstić information content (AvgIpc) is 3.02. The van der Waals surface area contributed by atoms with Crippen LogP contribution in [-0.4, -0.2) is 16.4 Å². The van der Waals surface area contributed by atoms with Gasteiger partial charge in [0.15, 0.2) is 0 Å². The predicted molar refractivity (Wildman–Crippen MR) is 101 cm³/mol. The van der Waals surface area contributed by atoms with E-state index in [1.807, 2.05) is 44.3 Å². The molecule has 0 unspecified atom stereocenters. The summed E-state index contributed by atoms with van der Waals surface area (Å²) in [6.07, 6.45) is 1.84. The molecule has 0 saturated carbocycles. The van der Waals surface area contributed by atoms with E-state index in [0.29, 0.717) is 6.61 Å². The lowest BCUT2D eigenvalue weighted by Gasteiger charge is -2.15. The Kier molecular flexibility index (Phi) is 5.68. The largest absolute Gasteiger partial charge is 0.494 e. The van der Waals surface area contributed by atoms with Crippen molar-refractivity contribution < 1.29 is 9.13 Å². The van der Waals surface area contributed by atoms with E-state index in [0.717, 1.165) is 34.8 Å². The van der Waals surface area contributed by atoms with Gasteiger partial charge in [-0.3, -0.25) is 0 Å². The van der Waals surface area contributed by atoms with Gasteiger partial charge in [0.25, 0.3) is 0 Å². The van der Waals surface area contributed by atoms with Gasteiger partial charge in [0.1, 0.15) is 11.6 Å². The molecule has 0 bridgehead atoms. The highest BCUT2D eigenvalue weighted by Crippen LogP contribution is 2.21. The highest BCUT2D eigenvalue weighted by molar-refractivity contribution is 5.36. The molecule has 1 atom stereocenters. The van der Waals surface area contributed by atoms with Gasteiger partial charge in [-0.1, -0.05) is 18.2 Å². The van der Waals surface area contributed by atoms with E-state index in [2.05, 4.69) is 23.4 Å². The van der Waals surface area contributed by atoms with Crippen molar-refractivity contribution in [1.29, 1.82) is 0 Å². The first kappa shape index (κ1) is 18.1. The fraction of sp³-hybridized carbons (Fsp3) is 0.286. The Morgan fingerprint density at radius 2 is 2.00 bits per heavy atom. The van der Waals surface area contributed by atoms with E-state index in [1.54, 1.807) is 10.7 Å². The molecule has 0 amide bonds. The zero-order valence-electron chi connectivity index (χ0n) is 15.4. The summed E-state index contributed by atoms with van der Waals surface area (Å²) < 4.78 is 20.8. The normalized spacial score (nSPS) is 12.2. The van der Waals surface area contributed by atoms with Crippen molar-refractivity contribution in [2.24, 2.45) is 0 Å². The number of nitrogens with zero attached hydrogens (tertiary/aromatic N) is 2. The van der Waals surface area contributed by atoms with E-state index in [-0.39, 0.29) is 11.9 Å². The third kappa shape index (κ3) is 4.11. The van der Waals surface area contributed by atoms with Gasteiger partial charge in [-0.2, -0.15) is 5.10 Å². The summed E-state index contributed by atoms with van der Waals surface area (Å²) in [5.41, 5.74) is 3.98. The summed E-state index contributed by atoms with van der Waals surface area (Å²) >= 11 is 0. The highest BCUT2D eigenvalue weighted by atomic mass is 19.1. The number of rotatable bonds is 7. The second-order valence-electron chi connectivity index (χ2n) is 6.26. The van der Waals surface area contributed by atoms with Gasteiger partial charge < -0.3 is 10.1 Å². The molecule has 1 aromatic heterocycles. The fourth-order valence-electron chi connectivity index (χ4n) is 3.01. The van der Waals surface area contributed by atoms with Gasteiger partial charge in [0.05, 0.1) is 18.5 Å². The molecule has 2 aromatic carbocycles. The maximum absolute atomic E-state index is 13.5. The van der Waals surface area contributed by atoms with E-state index in [4.69, 9.17) is 4.74 Å². The van der Waals surface area contributed by atoms with Crippen LogP contribution in [-0.2, 0) is 6.54 Å². The predicted octanol–water partition coefficient (Wildman–Crippen LogP) is 4.57. The van der Waals surface area contributed by atoms with E-state index in [1.165, 1.54) is 12.1 Å². The molecule has 0 radical (unpaired) electrons. The van der Waals surface area contributed by atoms with Crippen LogP contribution in [0.4, 0.5) is 4.39 Å². The zero-order valence-corrected chi connectivity index (χ0v) is 15.4. The minimum Gasteiger partial charge on any atom is -0.494 e. The first-order valence-corrected chi connectivity index (χ1v) is 8.84. The Labute approximate surface area is 153 Å². The second kappa shape index (κ2) is 8.15. The molecular weight excluding hydrogens is 329 g/mol. The molecule has 0 aliphatic rings. The van der Waals surface area contributed by atoms with Crippen LogP contribution in [0, 0.1) is 12.7 Å². The quantitative estimate of drug-likeness (QED) is 0.676. The molecule has 0 aliphatic heterocycles. The van der Waals surface area contributed by atoms with Gasteiger partial charge in [-0.15, -0.1) is 0 Å². The van der Waals surface area contributed by atoms with Crippen LogP contribution in [0.1, 0.15) is 36.7 Å². The molecule has 0 aliphatic carbocycles. The third-order valence-corrected chi connectivity index (χ3v) is 4.39. The lowest BCUT2D eigenvalue weighted by molar-refractivity contribution is 0.339.